The van der Waals surface area contributed by atoms with Crippen LogP contribution in [-0.4, -0.2) is 24.7 Å². The first kappa shape index (κ1) is 15.0. The van der Waals surface area contributed by atoms with Crippen molar-refractivity contribution in [3.05, 3.63) is 72.3 Å². The van der Waals surface area contributed by atoms with E-state index in [1.54, 1.807) is 12.5 Å². The molecule has 0 radical (unpaired) electrons. The molecule has 0 N–H and O–H groups in total. The molecule has 0 bridgehead atoms. The van der Waals surface area contributed by atoms with Gasteiger partial charge in [0, 0.05) is 6.20 Å². The van der Waals surface area contributed by atoms with Crippen molar-refractivity contribution in [2.24, 2.45) is 0 Å². The fourth-order valence-corrected chi connectivity index (χ4v) is 3.09. The summed E-state index contributed by atoms with van der Waals surface area (Å²) in [6.45, 7) is 1.14. The van der Waals surface area contributed by atoms with E-state index in [1.807, 2.05) is 36.4 Å². The third-order valence-corrected chi connectivity index (χ3v) is 4.42. The van der Waals surface area contributed by atoms with E-state index in [0.717, 1.165) is 11.3 Å². The van der Waals surface area contributed by atoms with E-state index in [4.69, 9.17) is 9.26 Å². The quantitative estimate of drug-likeness (QED) is 0.567. The van der Waals surface area contributed by atoms with Gasteiger partial charge in [-0.1, -0.05) is 41.6 Å². The van der Waals surface area contributed by atoms with Gasteiger partial charge in [0.25, 0.3) is 5.89 Å². The van der Waals surface area contributed by atoms with Gasteiger partial charge in [0.1, 0.15) is 11.8 Å². The first-order valence-electron chi connectivity index (χ1n) is 8.34. The third kappa shape index (κ3) is 2.58. The highest BCUT2D eigenvalue weighted by molar-refractivity contribution is 5.56. The summed E-state index contributed by atoms with van der Waals surface area (Å²) in [5.74, 6) is 0.822. The molecule has 0 amide bonds. The van der Waals surface area contributed by atoms with Gasteiger partial charge in [-0.3, -0.25) is 4.98 Å². The molecule has 0 fully saturated rings. The van der Waals surface area contributed by atoms with Gasteiger partial charge >= 0.3 is 0 Å². The molecule has 5 rings (SSSR count). The van der Waals surface area contributed by atoms with Crippen molar-refractivity contribution in [3.8, 4) is 23.1 Å². The summed E-state index contributed by atoms with van der Waals surface area (Å²) in [4.78, 5) is 13.1. The molecule has 1 aliphatic heterocycles. The van der Waals surface area contributed by atoms with Gasteiger partial charge in [-0.05, 0) is 17.7 Å². The van der Waals surface area contributed by atoms with Crippen LogP contribution in [0, 0.1) is 0 Å². The van der Waals surface area contributed by atoms with Gasteiger partial charge in [0.15, 0.2) is 5.69 Å². The average molecular weight is 345 g/mol. The molecule has 0 spiro atoms. The normalized spacial score (nSPS) is 16.4. The predicted octanol–water partition coefficient (Wildman–Crippen LogP) is 3.27. The highest BCUT2D eigenvalue weighted by Gasteiger charge is 2.26. The monoisotopic (exact) mass is 345 g/mol. The first-order chi connectivity index (χ1) is 12.9. The number of ether oxygens (including phenoxy) is 1. The van der Waals surface area contributed by atoms with Crippen LogP contribution < -0.4 is 0 Å². The number of rotatable bonds is 3. The second kappa shape index (κ2) is 6.20. The summed E-state index contributed by atoms with van der Waals surface area (Å²) in [6, 6.07) is 15.8. The lowest BCUT2D eigenvalue weighted by atomic mass is 10.1. The summed E-state index contributed by atoms with van der Waals surface area (Å²) in [6.07, 6.45) is 3.51. The number of aromatic nitrogens is 5. The zero-order valence-electron chi connectivity index (χ0n) is 13.8. The van der Waals surface area contributed by atoms with Gasteiger partial charge in [0.2, 0.25) is 5.82 Å². The number of benzene rings is 1. The molecule has 0 saturated heterocycles. The molecule has 7 nitrogen and oxygen atoms in total. The number of imidazole rings is 1. The Balaban J connectivity index is 1.43. The molecule has 7 heteroatoms. The third-order valence-electron chi connectivity index (χ3n) is 4.42. The maximum atomic E-state index is 6.04. The van der Waals surface area contributed by atoms with E-state index >= 15 is 0 Å². The Hall–Kier alpha value is -3.32. The van der Waals surface area contributed by atoms with Gasteiger partial charge in [-0.2, -0.15) is 4.98 Å². The Morgan fingerprint density at radius 3 is 2.73 bits per heavy atom. The van der Waals surface area contributed by atoms with Gasteiger partial charge in [-0.15, -0.1) is 0 Å². The van der Waals surface area contributed by atoms with E-state index < -0.39 is 0 Å². The van der Waals surface area contributed by atoms with Crippen LogP contribution in [0.1, 0.15) is 17.4 Å². The van der Waals surface area contributed by atoms with E-state index in [2.05, 4.69) is 36.8 Å². The van der Waals surface area contributed by atoms with Crippen molar-refractivity contribution in [2.75, 3.05) is 0 Å². The Kier molecular flexibility index (Phi) is 3.57. The summed E-state index contributed by atoms with van der Waals surface area (Å²) >= 11 is 0. The molecule has 1 aromatic carbocycles. The molecule has 4 aromatic rings. The van der Waals surface area contributed by atoms with Crippen molar-refractivity contribution in [2.45, 2.75) is 19.3 Å². The second-order valence-electron chi connectivity index (χ2n) is 6.04. The SMILES string of the molecule is c1ccc([C@@H]2Cn3cnc(-c4nc(-c5ccccn5)no4)c3CO2)cc1. The number of hydrogen-bond donors (Lipinski definition) is 0. The summed E-state index contributed by atoms with van der Waals surface area (Å²) in [7, 11) is 0. The Bertz CT molecular complexity index is 1030. The van der Waals surface area contributed by atoms with Crippen LogP contribution in [0.25, 0.3) is 23.1 Å². The average Bonchev–Trinajstić information content (AvgIpc) is 3.36. The fraction of sp³-hybridized carbons (Fsp3) is 0.158. The van der Waals surface area contributed by atoms with E-state index in [1.165, 1.54) is 0 Å². The van der Waals surface area contributed by atoms with E-state index in [-0.39, 0.29) is 6.10 Å². The molecular weight excluding hydrogens is 330 g/mol. The van der Waals surface area contributed by atoms with Gasteiger partial charge in [-0.25, -0.2) is 4.98 Å². The van der Waals surface area contributed by atoms with Gasteiger partial charge < -0.3 is 13.8 Å². The highest BCUT2D eigenvalue weighted by atomic mass is 16.5. The minimum atomic E-state index is 0.0116. The topological polar surface area (TPSA) is 78.9 Å². The van der Waals surface area contributed by atoms with Crippen LogP contribution in [0.15, 0.2) is 65.6 Å². The van der Waals surface area contributed by atoms with Crippen LogP contribution in [0.5, 0.6) is 0 Å². The molecule has 4 heterocycles. The molecule has 0 aliphatic carbocycles. The molecule has 1 aliphatic rings. The Morgan fingerprint density at radius 1 is 1.00 bits per heavy atom. The van der Waals surface area contributed by atoms with Crippen molar-refractivity contribution < 1.29 is 9.26 Å². The lowest BCUT2D eigenvalue weighted by Gasteiger charge is -2.25. The molecule has 1 atom stereocenters. The molecular formula is C19H15N5O2. The molecule has 3 aromatic heterocycles. The zero-order valence-corrected chi connectivity index (χ0v) is 13.8. The second-order valence-corrected chi connectivity index (χ2v) is 6.04. The smallest absolute Gasteiger partial charge is 0.278 e. The van der Waals surface area contributed by atoms with Crippen molar-refractivity contribution in [3.63, 3.8) is 0 Å². The van der Waals surface area contributed by atoms with E-state index in [0.29, 0.717) is 36.3 Å². The summed E-state index contributed by atoms with van der Waals surface area (Å²) in [5, 5.41) is 4.02. The predicted molar refractivity (Wildman–Crippen MR) is 92.7 cm³/mol. The van der Waals surface area contributed by atoms with Crippen LogP contribution in [-0.2, 0) is 17.9 Å². The van der Waals surface area contributed by atoms with E-state index in [9.17, 15) is 0 Å². The molecule has 0 saturated carbocycles. The largest absolute Gasteiger partial charge is 0.365 e. The number of nitrogens with zero attached hydrogens (tertiary/aromatic N) is 5. The fourth-order valence-electron chi connectivity index (χ4n) is 3.09. The maximum Gasteiger partial charge on any atom is 0.278 e. The first-order valence-corrected chi connectivity index (χ1v) is 8.34. The number of pyridine rings is 1. The van der Waals surface area contributed by atoms with Crippen molar-refractivity contribution >= 4 is 0 Å². The highest BCUT2D eigenvalue weighted by Crippen LogP contribution is 2.31. The summed E-state index contributed by atoms with van der Waals surface area (Å²) in [5.41, 5.74) is 3.42. The molecule has 128 valence electrons. The van der Waals surface area contributed by atoms with Crippen LogP contribution >= 0.6 is 0 Å². The lowest BCUT2D eigenvalue weighted by Crippen LogP contribution is -2.20. The Morgan fingerprint density at radius 2 is 1.88 bits per heavy atom. The molecule has 0 unspecified atom stereocenters. The van der Waals surface area contributed by atoms with Crippen LogP contribution in [0.2, 0.25) is 0 Å². The minimum Gasteiger partial charge on any atom is -0.365 e. The van der Waals surface area contributed by atoms with Crippen LogP contribution in [0.4, 0.5) is 0 Å². The number of fused-ring (bicyclic) bond motifs is 1. The maximum absolute atomic E-state index is 6.04. The zero-order chi connectivity index (χ0) is 17.3. The van der Waals surface area contributed by atoms with Crippen LogP contribution in [0.3, 0.4) is 0 Å². The van der Waals surface area contributed by atoms with Crippen molar-refractivity contribution in [1.82, 2.24) is 24.7 Å². The Labute approximate surface area is 149 Å². The summed E-state index contributed by atoms with van der Waals surface area (Å²) < 4.78 is 13.5. The van der Waals surface area contributed by atoms with Crippen molar-refractivity contribution in [1.29, 1.82) is 0 Å². The van der Waals surface area contributed by atoms with Gasteiger partial charge in [0.05, 0.1) is 25.2 Å². The lowest BCUT2D eigenvalue weighted by molar-refractivity contribution is 0.00330. The number of hydrogen-bond acceptors (Lipinski definition) is 6. The minimum absolute atomic E-state index is 0.0116. The molecule has 26 heavy (non-hydrogen) atoms. The standard InChI is InChI=1S/C19H15N5O2/c1-2-6-13(7-3-1)16-10-24-12-21-17(15(24)11-25-16)19-22-18(23-26-19)14-8-4-5-9-20-14/h1-9,12,16H,10-11H2/t16-/m0/s1.